The summed E-state index contributed by atoms with van der Waals surface area (Å²) in [6, 6.07) is 17.5. The Bertz CT molecular complexity index is 846. The van der Waals surface area contributed by atoms with Gasteiger partial charge in [0.25, 0.3) is 0 Å². The molecular weight excluding hydrogens is 361 g/mol. The average molecular weight is 377 g/mol. The minimum atomic E-state index is 0. The first-order chi connectivity index (χ1) is 11.8. The van der Waals surface area contributed by atoms with E-state index < -0.39 is 0 Å². The molecule has 1 aromatic heterocycles. The van der Waals surface area contributed by atoms with E-state index in [0.29, 0.717) is 13.3 Å². The van der Waals surface area contributed by atoms with Crippen LogP contribution in [0.25, 0.3) is 11.3 Å². The van der Waals surface area contributed by atoms with Gasteiger partial charge in [0.05, 0.1) is 6.54 Å². The van der Waals surface area contributed by atoms with Gasteiger partial charge in [-0.2, -0.15) is 0 Å². The van der Waals surface area contributed by atoms with E-state index in [4.69, 9.17) is 25.5 Å². The zero-order valence-corrected chi connectivity index (χ0v) is 14.8. The average Bonchev–Trinajstić information content (AvgIpc) is 3.24. The molecule has 6 heteroatoms. The Kier molecular flexibility index (Phi) is 5.53. The summed E-state index contributed by atoms with van der Waals surface area (Å²) in [4.78, 5) is 0. The van der Waals surface area contributed by atoms with Crippen molar-refractivity contribution in [2.75, 3.05) is 6.79 Å². The van der Waals surface area contributed by atoms with E-state index in [-0.39, 0.29) is 12.4 Å². The van der Waals surface area contributed by atoms with Gasteiger partial charge in [0, 0.05) is 17.1 Å². The third-order valence-corrected chi connectivity index (χ3v) is 4.11. The van der Waals surface area contributed by atoms with Crippen molar-refractivity contribution >= 4 is 11.6 Å². The van der Waals surface area contributed by atoms with Gasteiger partial charge in [-0.05, 0) is 54.1 Å². The Morgan fingerprint density at radius 1 is 0.880 bits per heavy atom. The van der Waals surface area contributed by atoms with Crippen LogP contribution >= 0.6 is 11.6 Å². The molecule has 0 saturated heterocycles. The second-order valence-corrected chi connectivity index (χ2v) is 6.00. The van der Waals surface area contributed by atoms with Gasteiger partial charge in [-0.25, -0.2) is 0 Å². The van der Waals surface area contributed by atoms with E-state index in [1.165, 1.54) is 0 Å². The number of halogens is 2. The van der Waals surface area contributed by atoms with E-state index in [2.05, 4.69) is 5.32 Å². The Morgan fingerprint density at radius 2 is 1.68 bits per heavy atom. The van der Waals surface area contributed by atoms with E-state index in [9.17, 15) is 0 Å². The third-order valence-electron chi connectivity index (χ3n) is 3.86. The van der Waals surface area contributed by atoms with Crippen molar-refractivity contribution < 1.29 is 26.3 Å². The van der Waals surface area contributed by atoms with Crippen molar-refractivity contribution in [2.45, 2.75) is 13.1 Å². The van der Waals surface area contributed by atoms with Gasteiger partial charge in [0.2, 0.25) is 6.79 Å². The molecular formula is C19H16Cl2NO3-. The summed E-state index contributed by atoms with van der Waals surface area (Å²) >= 11 is 5.91. The van der Waals surface area contributed by atoms with Crippen LogP contribution in [0.4, 0.5) is 0 Å². The predicted molar refractivity (Wildman–Crippen MR) is 92.3 cm³/mol. The van der Waals surface area contributed by atoms with E-state index in [1.807, 2.05) is 54.6 Å². The summed E-state index contributed by atoms with van der Waals surface area (Å²) in [5.41, 5.74) is 2.16. The summed E-state index contributed by atoms with van der Waals surface area (Å²) in [6.07, 6.45) is 0. The lowest BCUT2D eigenvalue weighted by atomic mass is 10.2. The van der Waals surface area contributed by atoms with Crippen LogP contribution in [0.15, 0.2) is 59.0 Å². The van der Waals surface area contributed by atoms with Crippen molar-refractivity contribution in [1.29, 1.82) is 0 Å². The molecule has 0 aliphatic carbocycles. The minimum Gasteiger partial charge on any atom is -1.00 e. The van der Waals surface area contributed by atoms with Crippen LogP contribution in [0.5, 0.6) is 11.5 Å². The Hall–Kier alpha value is -2.14. The molecule has 0 unspecified atom stereocenters. The number of nitrogens with one attached hydrogen (secondary N) is 1. The Balaban J connectivity index is 0.00000182. The highest BCUT2D eigenvalue weighted by Crippen LogP contribution is 2.32. The lowest BCUT2D eigenvalue weighted by Crippen LogP contribution is -3.00. The van der Waals surface area contributed by atoms with Gasteiger partial charge < -0.3 is 31.6 Å². The Morgan fingerprint density at radius 3 is 2.52 bits per heavy atom. The van der Waals surface area contributed by atoms with Crippen molar-refractivity contribution in [3.05, 3.63) is 70.9 Å². The van der Waals surface area contributed by atoms with Gasteiger partial charge in [-0.15, -0.1) is 0 Å². The number of hydrogen-bond acceptors (Lipinski definition) is 4. The number of hydrogen-bond donors (Lipinski definition) is 1. The predicted octanol–water partition coefficient (Wildman–Crippen LogP) is 1.62. The lowest BCUT2D eigenvalue weighted by Gasteiger charge is -2.04. The summed E-state index contributed by atoms with van der Waals surface area (Å²) in [6.45, 7) is 1.68. The first-order valence-corrected chi connectivity index (χ1v) is 8.10. The van der Waals surface area contributed by atoms with E-state index in [0.717, 1.165) is 45.7 Å². The molecule has 0 bridgehead atoms. The molecule has 0 atom stereocenters. The number of furan rings is 1. The number of ether oxygens (including phenoxy) is 2. The molecule has 1 aliphatic rings. The molecule has 0 amide bonds. The number of benzene rings is 2. The van der Waals surface area contributed by atoms with Crippen LogP contribution in [-0.2, 0) is 13.1 Å². The standard InChI is InChI=1S/C19H16ClNO3.ClH/c20-15-4-2-14(3-5-15)17-8-6-16(24-17)11-21-10-13-1-7-18-19(9-13)23-12-22-18;/h1-9,21H,10-12H2;1H/p-1. The van der Waals surface area contributed by atoms with E-state index >= 15 is 0 Å². The molecule has 130 valence electrons. The first kappa shape index (κ1) is 17.7. The molecule has 2 heterocycles. The highest BCUT2D eigenvalue weighted by Gasteiger charge is 2.13. The monoisotopic (exact) mass is 376 g/mol. The summed E-state index contributed by atoms with van der Waals surface area (Å²) < 4.78 is 16.6. The molecule has 25 heavy (non-hydrogen) atoms. The summed E-state index contributed by atoms with van der Waals surface area (Å²) in [5, 5.41) is 4.09. The van der Waals surface area contributed by atoms with Crippen LogP contribution in [0.1, 0.15) is 11.3 Å². The van der Waals surface area contributed by atoms with Gasteiger partial charge in [-0.1, -0.05) is 17.7 Å². The maximum absolute atomic E-state index is 5.91. The van der Waals surface area contributed by atoms with Crippen LogP contribution in [0.2, 0.25) is 5.02 Å². The van der Waals surface area contributed by atoms with Crippen LogP contribution in [0.3, 0.4) is 0 Å². The van der Waals surface area contributed by atoms with Crippen molar-refractivity contribution in [3.8, 4) is 22.8 Å². The van der Waals surface area contributed by atoms with Crippen molar-refractivity contribution in [2.24, 2.45) is 0 Å². The molecule has 3 aromatic rings. The molecule has 0 spiro atoms. The van der Waals surface area contributed by atoms with Crippen LogP contribution in [-0.4, -0.2) is 6.79 Å². The van der Waals surface area contributed by atoms with Crippen LogP contribution < -0.4 is 27.2 Å². The molecule has 2 aromatic carbocycles. The zero-order chi connectivity index (χ0) is 16.4. The second kappa shape index (κ2) is 7.83. The van der Waals surface area contributed by atoms with Gasteiger partial charge in [0.15, 0.2) is 11.5 Å². The fourth-order valence-corrected chi connectivity index (χ4v) is 2.75. The maximum Gasteiger partial charge on any atom is 0.231 e. The molecule has 0 radical (unpaired) electrons. The smallest absolute Gasteiger partial charge is 0.231 e. The SMILES string of the molecule is Clc1ccc(-c2ccc(CNCc3ccc4c(c3)OCO4)o2)cc1.[Cl-]. The van der Waals surface area contributed by atoms with Crippen LogP contribution in [0, 0.1) is 0 Å². The quantitative estimate of drug-likeness (QED) is 0.734. The van der Waals surface area contributed by atoms with Gasteiger partial charge in [-0.3, -0.25) is 0 Å². The van der Waals surface area contributed by atoms with Crippen molar-refractivity contribution in [3.63, 3.8) is 0 Å². The van der Waals surface area contributed by atoms with Crippen molar-refractivity contribution in [1.82, 2.24) is 5.32 Å². The number of fused-ring (bicyclic) bond motifs is 1. The molecule has 1 aliphatic heterocycles. The fraction of sp³-hybridized carbons (Fsp3) is 0.158. The lowest BCUT2D eigenvalue weighted by molar-refractivity contribution is -0.00000681. The fourth-order valence-electron chi connectivity index (χ4n) is 2.62. The number of rotatable bonds is 5. The maximum atomic E-state index is 5.91. The minimum absolute atomic E-state index is 0. The van der Waals surface area contributed by atoms with Gasteiger partial charge >= 0.3 is 0 Å². The Labute approximate surface area is 157 Å². The largest absolute Gasteiger partial charge is 1.00 e. The summed E-state index contributed by atoms with van der Waals surface area (Å²) in [7, 11) is 0. The van der Waals surface area contributed by atoms with Gasteiger partial charge in [0.1, 0.15) is 11.5 Å². The zero-order valence-electron chi connectivity index (χ0n) is 13.3. The molecule has 4 rings (SSSR count). The molecule has 4 nitrogen and oxygen atoms in total. The third kappa shape index (κ3) is 4.10. The molecule has 0 saturated carbocycles. The highest BCUT2D eigenvalue weighted by molar-refractivity contribution is 6.30. The molecule has 1 N–H and O–H groups in total. The molecule has 0 fully saturated rings. The highest BCUT2D eigenvalue weighted by atomic mass is 35.5. The van der Waals surface area contributed by atoms with E-state index in [1.54, 1.807) is 0 Å². The normalized spacial score (nSPS) is 12.0. The summed E-state index contributed by atoms with van der Waals surface area (Å²) in [5.74, 6) is 3.34. The second-order valence-electron chi connectivity index (χ2n) is 5.56. The topological polar surface area (TPSA) is 43.6 Å². The first-order valence-electron chi connectivity index (χ1n) is 7.72.